The van der Waals surface area contributed by atoms with Crippen LogP contribution in [-0.4, -0.2) is 42.6 Å². The number of benzene rings is 2. The molecule has 3 aromatic heterocycles. The van der Waals surface area contributed by atoms with Gasteiger partial charge in [-0.1, -0.05) is 59.9 Å². The van der Waals surface area contributed by atoms with Crippen LogP contribution in [0.2, 0.25) is 10.0 Å². The van der Waals surface area contributed by atoms with Crippen molar-refractivity contribution >= 4 is 60.3 Å². The van der Waals surface area contributed by atoms with Gasteiger partial charge in [0.15, 0.2) is 0 Å². The Labute approximate surface area is 299 Å². The third-order valence-electron chi connectivity index (χ3n) is 8.10. The summed E-state index contributed by atoms with van der Waals surface area (Å²) in [6.45, 7) is -0.162. The molecule has 0 spiro atoms. The fraction of sp³-hybridized carbons (Fsp3) is 0.273. The number of halogens is 2. The predicted molar refractivity (Wildman–Crippen MR) is 191 cm³/mol. The second kappa shape index (κ2) is 15.1. The maximum absolute atomic E-state index is 14.6. The number of aromatic nitrogens is 4. The van der Waals surface area contributed by atoms with E-state index < -0.39 is 20.0 Å². The lowest BCUT2D eigenvalue weighted by Crippen LogP contribution is -2.31. The van der Waals surface area contributed by atoms with Crippen molar-refractivity contribution in [3.05, 3.63) is 111 Å². The van der Waals surface area contributed by atoms with Gasteiger partial charge in [-0.05, 0) is 78.6 Å². The minimum absolute atomic E-state index is 0.00245. The predicted octanol–water partition coefficient (Wildman–Crippen LogP) is 6.35. The van der Waals surface area contributed by atoms with E-state index in [1.54, 1.807) is 59.8 Å². The molecule has 0 aliphatic heterocycles. The van der Waals surface area contributed by atoms with Gasteiger partial charge in [-0.25, -0.2) is 26.2 Å². The molecular weight excluding hydrogens is 726 g/mol. The zero-order valence-electron chi connectivity index (χ0n) is 26.4. The van der Waals surface area contributed by atoms with Gasteiger partial charge in [-0.15, -0.1) is 0 Å². The summed E-state index contributed by atoms with van der Waals surface area (Å²) in [6.07, 6.45) is 11.8. The van der Waals surface area contributed by atoms with E-state index in [-0.39, 0.29) is 44.7 Å². The van der Waals surface area contributed by atoms with Crippen molar-refractivity contribution in [2.24, 2.45) is 12.0 Å². The molecule has 6 rings (SSSR count). The van der Waals surface area contributed by atoms with Crippen molar-refractivity contribution in [3.63, 3.8) is 0 Å². The second-order valence-electron chi connectivity index (χ2n) is 11.5. The Hall–Kier alpha value is -3.66. The van der Waals surface area contributed by atoms with Crippen LogP contribution in [0.3, 0.4) is 0 Å². The normalized spacial score (nSPS) is 14.6. The van der Waals surface area contributed by atoms with Crippen molar-refractivity contribution in [2.45, 2.75) is 61.0 Å². The van der Waals surface area contributed by atoms with E-state index in [4.69, 9.17) is 28.2 Å². The summed E-state index contributed by atoms with van der Waals surface area (Å²) < 4.78 is 61.5. The Morgan fingerprint density at radius 3 is 2.18 bits per heavy atom. The first-order chi connectivity index (χ1) is 23.5. The molecule has 0 unspecified atom stereocenters. The highest BCUT2D eigenvalue weighted by Crippen LogP contribution is 2.36. The molecule has 0 bridgehead atoms. The van der Waals surface area contributed by atoms with Gasteiger partial charge in [0.05, 0.1) is 28.3 Å². The molecule has 256 valence electrons. The lowest BCUT2D eigenvalue weighted by atomic mass is 9.96. The van der Waals surface area contributed by atoms with E-state index in [0.717, 1.165) is 34.8 Å². The van der Waals surface area contributed by atoms with Gasteiger partial charge >= 0.3 is 0 Å². The van der Waals surface area contributed by atoms with Crippen LogP contribution in [0.1, 0.15) is 43.2 Å². The highest BCUT2D eigenvalue weighted by atomic mass is 35.5. The van der Waals surface area contributed by atoms with Crippen molar-refractivity contribution in [2.75, 3.05) is 4.31 Å². The van der Waals surface area contributed by atoms with E-state index in [1.807, 2.05) is 7.05 Å². The van der Waals surface area contributed by atoms with Crippen LogP contribution in [0, 0.1) is 0 Å². The molecule has 3 heterocycles. The van der Waals surface area contributed by atoms with E-state index >= 15 is 0 Å². The highest BCUT2D eigenvalue weighted by Gasteiger charge is 2.30. The lowest BCUT2D eigenvalue weighted by molar-refractivity contribution is 0.434. The maximum atomic E-state index is 14.6. The molecule has 1 aliphatic carbocycles. The molecule has 5 aromatic rings. The molecular formula is C33H33Cl2N7O4S3. The molecule has 49 heavy (non-hydrogen) atoms. The molecule has 16 heteroatoms. The first kappa shape index (κ1) is 35.2. The van der Waals surface area contributed by atoms with Gasteiger partial charge in [-0.3, -0.25) is 19.3 Å². The molecule has 0 saturated heterocycles. The molecule has 0 atom stereocenters. The monoisotopic (exact) mass is 757 g/mol. The Kier molecular flexibility index (Phi) is 10.8. The number of rotatable bonds is 11. The second-order valence-corrected chi connectivity index (χ2v) is 16.9. The van der Waals surface area contributed by atoms with Gasteiger partial charge in [0.25, 0.3) is 10.0 Å². The summed E-state index contributed by atoms with van der Waals surface area (Å²) in [5.74, 6) is 0. The number of nitrogens with zero attached hydrogens (tertiary/aromatic N) is 6. The van der Waals surface area contributed by atoms with Gasteiger partial charge in [-0.2, -0.15) is 5.10 Å². The van der Waals surface area contributed by atoms with E-state index in [1.165, 1.54) is 48.1 Å². The van der Waals surface area contributed by atoms with E-state index in [2.05, 4.69) is 19.8 Å². The SMILES string of the molecule is Cn1nc(-c2ccc(Cl)c(S(=O)(=O)N(Cc3ccncc3)c3ccc(Cl)c(S(=O)(=O)NCc4ccncc4)c3)c2)sc1=NC1CCCCC1. The largest absolute Gasteiger partial charge is 0.266 e. The van der Waals surface area contributed by atoms with Crippen LogP contribution < -0.4 is 13.8 Å². The number of sulfonamides is 2. The molecule has 1 saturated carbocycles. The number of pyridine rings is 2. The number of hydrogen-bond acceptors (Lipinski definition) is 9. The highest BCUT2D eigenvalue weighted by molar-refractivity contribution is 7.93. The van der Waals surface area contributed by atoms with Crippen molar-refractivity contribution in [3.8, 4) is 10.6 Å². The fourth-order valence-corrected chi connectivity index (χ4v) is 9.92. The fourth-order valence-electron chi connectivity index (χ4n) is 5.48. The zero-order valence-corrected chi connectivity index (χ0v) is 30.4. The van der Waals surface area contributed by atoms with E-state index in [0.29, 0.717) is 21.7 Å². The Bertz CT molecular complexity index is 2230. The van der Waals surface area contributed by atoms with E-state index in [9.17, 15) is 16.8 Å². The number of anilines is 1. The van der Waals surface area contributed by atoms with Crippen LogP contribution in [0.25, 0.3) is 10.6 Å². The zero-order chi connectivity index (χ0) is 34.6. The molecule has 2 aromatic carbocycles. The van der Waals surface area contributed by atoms with Crippen molar-refractivity contribution in [1.82, 2.24) is 24.5 Å². The summed E-state index contributed by atoms with van der Waals surface area (Å²) in [5, 5.41) is 5.16. The van der Waals surface area contributed by atoms with Crippen molar-refractivity contribution in [1.29, 1.82) is 0 Å². The summed E-state index contributed by atoms with van der Waals surface area (Å²) in [6, 6.07) is 15.8. The Balaban J connectivity index is 1.39. The molecule has 0 amide bonds. The van der Waals surface area contributed by atoms with Crippen LogP contribution in [0.15, 0.2) is 100 Å². The number of nitrogens with one attached hydrogen (secondary N) is 1. The molecule has 1 N–H and O–H groups in total. The quantitative estimate of drug-likeness (QED) is 0.166. The number of aryl methyl sites for hydroxylation is 1. The van der Waals surface area contributed by atoms with Gasteiger partial charge in [0, 0.05) is 43.9 Å². The average molecular weight is 759 g/mol. The molecule has 0 radical (unpaired) electrons. The third kappa shape index (κ3) is 8.22. The first-order valence-electron chi connectivity index (χ1n) is 15.5. The van der Waals surface area contributed by atoms with Crippen LogP contribution in [0.5, 0.6) is 0 Å². The minimum atomic E-state index is -4.41. The van der Waals surface area contributed by atoms with Crippen LogP contribution in [-0.2, 0) is 40.2 Å². The van der Waals surface area contributed by atoms with Crippen LogP contribution >= 0.6 is 34.5 Å². The lowest BCUT2D eigenvalue weighted by Gasteiger charge is -2.26. The minimum Gasteiger partial charge on any atom is -0.265 e. The molecule has 1 fully saturated rings. The molecule has 11 nitrogen and oxygen atoms in total. The standard InChI is InChI=1S/C33H33Cl2N7O4S3/c1-41-33(39-26-5-3-2-4-6-26)47-32(40-41)25-7-9-29(35)31(19-25)49(45,46)42(22-24-13-17-37-18-14-24)27-8-10-28(34)30(20-27)48(43,44)38-21-23-11-15-36-16-12-23/h7-20,26,38H,2-6,21-22H2,1H3. The average Bonchev–Trinajstić information content (AvgIpc) is 3.47. The summed E-state index contributed by atoms with van der Waals surface area (Å²) >= 11 is 14.4. The Morgan fingerprint density at radius 2 is 1.49 bits per heavy atom. The number of hydrogen-bond donors (Lipinski definition) is 1. The summed E-state index contributed by atoms with van der Waals surface area (Å²) in [4.78, 5) is 13.2. The smallest absolute Gasteiger partial charge is 0.265 e. The van der Waals surface area contributed by atoms with Crippen molar-refractivity contribution < 1.29 is 16.8 Å². The van der Waals surface area contributed by atoms with Gasteiger partial charge < -0.3 is 0 Å². The Morgan fingerprint density at radius 1 is 0.857 bits per heavy atom. The maximum Gasteiger partial charge on any atom is 0.266 e. The summed E-state index contributed by atoms with van der Waals surface area (Å²) in [5.41, 5.74) is 1.92. The first-order valence-corrected chi connectivity index (χ1v) is 20.0. The molecule has 1 aliphatic rings. The van der Waals surface area contributed by atoms with Crippen LogP contribution in [0.4, 0.5) is 5.69 Å². The third-order valence-corrected chi connectivity index (χ3v) is 13.3. The summed E-state index contributed by atoms with van der Waals surface area (Å²) in [7, 11) is -6.75. The topological polar surface area (TPSA) is 140 Å². The van der Waals surface area contributed by atoms with Gasteiger partial charge in [0.2, 0.25) is 14.8 Å². The van der Waals surface area contributed by atoms with Gasteiger partial charge in [0.1, 0.15) is 14.8 Å².